The summed E-state index contributed by atoms with van der Waals surface area (Å²) in [7, 11) is 0. The Morgan fingerprint density at radius 2 is 2.07 bits per heavy atom. The average Bonchev–Trinajstić information content (AvgIpc) is 2.14. The van der Waals surface area contributed by atoms with Crippen LogP contribution >= 0.6 is 15.9 Å². The molecule has 0 saturated carbocycles. The first-order valence-corrected chi connectivity index (χ1v) is 5.01. The van der Waals surface area contributed by atoms with Gasteiger partial charge in [-0.3, -0.25) is 0 Å². The number of hydrogen-bond acceptors (Lipinski definition) is 2. The first-order valence-electron chi connectivity index (χ1n) is 4.22. The van der Waals surface area contributed by atoms with Crippen LogP contribution in [0.3, 0.4) is 0 Å². The van der Waals surface area contributed by atoms with E-state index in [1.807, 2.05) is 0 Å². The second-order valence-electron chi connectivity index (χ2n) is 2.98. The Kier molecular flexibility index (Phi) is 4.47. The molecule has 15 heavy (non-hydrogen) atoms. The van der Waals surface area contributed by atoms with Crippen molar-refractivity contribution in [1.82, 2.24) is 0 Å². The molecule has 0 spiro atoms. The lowest BCUT2D eigenvalue weighted by atomic mass is 10.0. The van der Waals surface area contributed by atoms with Crippen molar-refractivity contribution in [2.24, 2.45) is 0 Å². The lowest BCUT2D eigenvalue weighted by Crippen LogP contribution is -2.04. The van der Waals surface area contributed by atoms with Gasteiger partial charge in [0.1, 0.15) is 5.75 Å². The average molecular weight is 280 g/mol. The van der Waals surface area contributed by atoms with Gasteiger partial charge in [0.05, 0.1) is 0 Å². The molecule has 0 aliphatic heterocycles. The second-order valence-corrected chi connectivity index (χ2v) is 3.89. The number of aliphatic hydroxyl groups excluding tert-OH is 1. The van der Waals surface area contributed by atoms with Crippen LogP contribution in [0.5, 0.6) is 5.75 Å². The zero-order chi connectivity index (χ0) is 11.4. The minimum Gasteiger partial charge on any atom is -0.435 e. The van der Waals surface area contributed by atoms with E-state index in [0.717, 1.165) is 0 Å². The summed E-state index contributed by atoms with van der Waals surface area (Å²) in [5, 5.41) is 8.89. The summed E-state index contributed by atoms with van der Waals surface area (Å²) in [6.45, 7) is 0.669. The van der Waals surface area contributed by atoms with Crippen molar-refractivity contribution in [3.05, 3.63) is 35.2 Å². The highest BCUT2D eigenvalue weighted by Crippen LogP contribution is 2.26. The standard InChI is InChI=1S/C10H10BrF2O2/c1-6(5-14)7-2-8(11)4-9(3-7)15-10(12)13/h2-4,6,10,14H,1,5H2. The molecule has 0 heterocycles. The molecule has 1 aromatic rings. The fraction of sp³-hybridized carbons (Fsp3) is 0.300. The maximum atomic E-state index is 12.0. The molecule has 0 aliphatic rings. The summed E-state index contributed by atoms with van der Waals surface area (Å²) in [5.41, 5.74) is 0.641. The molecule has 1 aromatic carbocycles. The van der Waals surface area contributed by atoms with E-state index in [1.54, 1.807) is 6.07 Å². The van der Waals surface area contributed by atoms with Crippen molar-refractivity contribution >= 4 is 15.9 Å². The van der Waals surface area contributed by atoms with Crippen LogP contribution in [0.15, 0.2) is 22.7 Å². The maximum Gasteiger partial charge on any atom is 0.387 e. The summed E-state index contributed by atoms with van der Waals surface area (Å²) < 4.78 is 28.8. The molecule has 0 saturated heterocycles. The van der Waals surface area contributed by atoms with Crippen LogP contribution in [-0.2, 0) is 0 Å². The van der Waals surface area contributed by atoms with Gasteiger partial charge in [-0.2, -0.15) is 8.78 Å². The third-order valence-electron chi connectivity index (χ3n) is 1.81. The zero-order valence-electron chi connectivity index (χ0n) is 7.79. The first-order chi connectivity index (χ1) is 7.02. The van der Waals surface area contributed by atoms with E-state index < -0.39 is 6.61 Å². The van der Waals surface area contributed by atoms with Crippen molar-refractivity contribution < 1.29 is 18.6 Å². The Balaban J connectivity index is 2.94. The van der Waals surface area contributed by atoms with Gasteiger partial charge in [-0.1, -0.05) is 15.9 Å². The van der Waals surface area contributed by atoms with Crippen LogP contribution < -0.4 is 4.74 Å². The SMILES string of the molecule is [CH2]C(CO)c1cc(Br)cc(OC(F)F)c1. The fourth-order valence-corrected chi connectivity index (χ4v) is 1.59. The van der Waals surface area contributed by atoms with Crippen molar-refractivity contribution in [3.63, 3.8) is 0 Å². The predicted molar refractivity (Wildman–Crippen MR) is 56.0 cm³/mol. The molecule has 5 heteroatoms. The van der Waals surface area contributed by atoms with Crippen LogP contribution in [-0.4, -0.2) is 18.3 Å². The minimum atomic E-state index is -2.86. The molecular weight excluding hydrogens is 270 g/mol. The molecule has 0 aliphatic carbocycles. The predicted octanol–water partition coefficient (Wildman–Crippen LogP) is 2.96. The van der Waals surface area contributed by atoms with Gasteiger partial charge in [-0.05, 0) is 30.7 Å². The molecule has 2 nitrogen and oxygen atoms in total. The van der Waals surface area contributed by atoms with E-state index in [0.29, 0.717) is 10.0 Å². The Morgan fingerprint density at radius 1 is 1.40 bits per heavy atom. The van der Waals surface area contributed by atoms with Gasteiger partial charge in [-0.25, -0.2) is 0 Å². The minimum absolute atomic E-state index is 0.0523. The smallest absolute Gasteiger partial charge is 0.387 e. The number of aliphatic hydroxyl groups is 1. The highest BCUT2D eigenvalue weighted by atomic mass is 79.9. The van der Waals surface area contributed by atoms with Gasteiger partial charge in [0.2, 0.25) is 0 Å². The summed E-state index contributed by atoms with van der Waals surface area (Å²) >= 11 is 3.17. The van der Waals surface area contributed by atoms with Crippen LogP contribution in [0.4, 0.5) is 8.78 Å². The molecule has 0 amide bonds. The summed E-state index contributed by atoms with van der Waals surface area (Å²) in [4.78, 5) is 0. The first kappa shape index (κ1) is 12.4. The number of alkyl halides is 2. The molecular formula is C10H10BrF2O2. The summed E-state index contributed by atoms with van der Waals surface area (Å²) in [6.07, 6.45) is 0. The van der Waals surface area contributed by atoms with Crippen molar-refractivity contribution in [3.8, 4) is 5.75 Å². The fourth-order valence-electron chi connectivity index (χ4n) is 1.10. The van der Waals surface area contributed by atoms with Crippen LogP contribution in [0.1, 0.15) is 11.5 Å². The normalized spacial score (nSPS) is 12.9. The maximum absolute atomic E-state index is 12.0. The van der Waals surface area contributed by atoms with E-state index in [9.17, 15) is 8.78 Å². The molecule has 0 bridgehead atoms. The molecule has 1 N–H and O–H groups in total. The largest absolute Gasteiger partial charge is 0.435 e. The lowest BCUT2D eigenvalue weighted by Gasteiger charge is -2.11. The molecule has 0 aromatic heterocycles. The lowest BCUT2D eigenvalue weighted by molar-refractivity contribution is -0.0499. The van der Waals surface area contributed by atoms with Gasteiger partial charge in [0.15, 0.2) is 0 Å². The highest BCUT2D eigenvalue weighted by molar-refractivity contribution is 9.10. The van der Waals surface area contributed by atoms with Crippen LogP contribution in [0.2, 0.25) is 0 Å². The van der Waals surface area contributed by atoms with Gasteiger partial charge in [0, 0.05) is 17.0 Å². The van der Waals surface area contributed by atoms with Gasteiger partial charge < -0.3 is 9.84 Å². The molecule has 1 rings (SSSR count). The van der Waals surface area contributed by atoms with E-state index >= 15 is 0 Å². The molecule has 1 radical (unpaired) electrons. The second kappa shape index (κ2) is 5.42. The topological polar surface area (TPSA) is 29.5 Å². The van der Waals surface area contributed by atoms with Gasteiger partial charge >= 0.3 is 6.61 Å². The molecule has 1 unspecified atom stereocenters. The summed E-state index contributed by atoms with van der Waals surface area (Å²) in [6, 6.07) is 4.57. The Hall–Kier alpha value is -0.680. The Labute approximate surface area is 95.0 Å². The van der Waals surface area contributed by atoms with E-state index in [4.69, 9.17) is 5.11 Å². The van der Waals surface area contributed by atoms with Crippen LogP contribution in [0, 0.1) is 6.92 Å². The summed E-state index contributed by atoms with van der Waals surface area (Å²) in [5.74, 6) is -0.306. The molecule has 0 fully saturated rings. The third kappa shape index (κ3) is 3.76. The Bertz CT molecular complexity index is 331. The molecule has 1 atom stereocenters. The Morgan fingerprint density at radius 3 is 2.60 bits per heavy atom. The third-order valence-corrected chi connectivity index (χ3v) is 2.27. The quantitative estimate of drug-likeness (QED) is 0.918. The number of hydrogen-bond donors (Lipinski definition) is 1. The number of ether oxygens (including phenoxy) is 1. The number of halogens is 3. The number of rotatable bonds is 4. The highest BCUT2D eigenvalue weighted by Gasteiger charge is 2.10. The van der Waals surface area contributed by atoms with Crippen LogP contribution in [0.25, 0.3) is 0 Å². The van der Waals surface area contributed by atoms with Crippen molar-refractivity contribution in [2.45, 2.75) is 12.5 Å². The van der Waals surface area contributed by atoms with E-state index in [-0.39, 0.29) is 18.3 Å². The monoisotopic (exact) mass is 279 g/mol. The zero-order valence-corrected chi connectivity index (χ0v) is 9.38. The van der Waals surface area contributed by atoms with E-state index in [1.165, 1.54) is 12.1 Å². The van der Waals surface area contributed by atoms with Gasteiger partial charge in [0.25, 0.3) is 0 Å². The van der Waals surface area contributed by atoms with E-state index in [2.05, 4.69) is 27.6 Å². The van der Waals surface area contributed by atoms with Gasteiger partial charge in [-0.15, -0.1) is 0 Å². The van der Waals surface area contributed by atoms with Crippen molar-refractivity contribution in [1.29, 1.82) is 0 Å². The molecule has 83 valence electrons. The van der Waals surface area contributed by atoms with Crippen molar-refractivity contribution in [2.75, 3.05) is 6.61 Å². The number of benzene rings is 1.